The molecule has 0 amide bonds. The van der Waals surface area contributed by atoms with E-state index in [-0.39, 0.29) is 17.5 Å². The van der Waals surface area contributed by atoms with Crippen molar-refractivity contribution in [1.82, 2.24) is 15.0 Å². The number of benzene rings is 1. The maximum atomic E-state index is 13.3. The molecule has 0 aliphatic heterocycles. The van der Waals surface area contributed by atoms with E-state index in [9.17, 15) is 9.18 Å². The van der Waals surface area contributed by atoms with Crippen molar-refractivity contribution in [3.05, 3.63) is 59.6 Å². The van der Waals surface area contributed by atoms with Crippen LogP contribution in [0, 0.1) is 5.82 Å². The summed E-state index contributed by atoms with van der Waals surface area (Å²) in [5, 5.41) is 14.4. The first kappa shape index (κ1) is 17.6. The van der Waals surface area contributed by atoms with Crippen LogP contribution in [0.15, 0.2) is 48.8 Å². The molecule has 0 bridgehead atoms. The van der Waals surface area contributed by atoms with Gasteiger partial charge >= 0.3 is 5.97 Å². The maximum absolute atomic E-state index is 13.3. The van der Waals surface area contributed by atoms with Gasteiger partial charge in [-0.3, -0.25) is 9.78 Å². The van der Waals surface area contributed by atoms with Crippen LogP contribution >= 0.6 is 11.6 Å². The minimum absolute atomic E-state index is 0.0253. The monoisotopic (exact) mass is 373 g/mol. The molecule has 132 valence electrons. The van der Waals surface area contributed by atoms with Gasteiger partial charge in [-0.05, 0) is 30.3 Å². The summed E-state index contributed by atoms with van der Waals surface area (Å²) in [6.07, 6.45) is 3.24. The van der Waals surface area contributed by atoms with E-state index < -0.39 is 11.8 Å². The lowest BCUT2D eigenvalue weighted by Crippen LogP contribution is -2.15. The van der Waals surface area contributed by atoms with Crippen LogP contribution < -0.4 is 10.6 Å². The SMILES string of the molecule is O=C(O)CNc1nc(Nc2ccc(F)c(Cl)c2)cc(-c2ccncc2)n1. The molecule has 1 aromatic carbocycles. The number of anilines is 3. The standard InChI is InChI=1S/C17H13ClFN5O2/c18-12-7-11(1-2-13(12)19)22-15-8-14(10-3-5-20-6-4-10)23-17(24-15)21-9-16(25)26/h1-8H,9H2,(H,25,26)(H2,21,22,23,24). The molecule has 0 aliphatic carbocycles. The molecule has 2 heterocycles. The molecule has 2 aromatic heterocycles. The summed E-state index contributed by atoms with van der Waals surface area (Å²) in [7, 11) is 0. The molecular weight excluding hydrogens is 361 g/mol. The van der Waals surface area contributed by atoms with E-state index in [1.165, 1.54) is 18.2 Å². The zero-order valence-electron chi connectivity index (χ0n) is 13.3. The van der Waals surface area contributed by atoms with Gasteiger partial charge < -0.3 is 15.7 Å². The average molecular weight is 374 g/mol. The van der Waals surface area contributed by atoms with Crippen molar-refractivity contribution < 1.29 is 14.3 Å². The van der Waals surface area contributed by atoms with E-state index in [2.05, 4.69) is 25.6 Å². The number of hydrogen-bond donors (Lipinski definition) is 3. The summed E-state index contributed by atoms with van der Waals surface area (Å²) in [6.45, 7) is -0.332. The molecule has 26 heavy (non-hydrogen) atoms. The lowest BCUT2D eigenvalue weighted by molar-refractivity contribution is -0.134. The number of halogens is 2. The number of carbonyl (C=O) groups is 1. The van der Waals surface area contributed by atoms with Crippen molar-refractivity contribution >= 4 is 35.0 Å². The lowest BCUT2D eigenvalue weighted by Gasteiger charge is -2.11. The van der Waals surface area contributed by atoms with E-state index in [1.807, 2.05) is 0 Å². The number of carboxylic acids is 1. The number of rotatable bonds is 6. The third-order valence-corrected chi connectivity index (χ3v) is 3.58. The molecule has 3 N–H and O–H groups in total. The zero-order valence-corrected chi connectivity index (χ0v) is 14.0. The minimum Gasteiger partial charge on any atom is -0.480 e. The number of pyridine rings is 1. The first-order valence-electron chi connectivity index (χ1n) is 7.48. The van der Waals surface area contributed by atoms with E-state index in [1.54, 1.807) is 30.6 Å². The second kappa shape index (κ2) is 7.75. The molecule has 3 rings (SSSR count). The number of aromatic nitrogens is 3. The first-order chi connectivity index (χ1) is 12.5. The third-order valence-electron chi connectivity index (χ3n) is 3.29. The van der Waals surface area contributed by atoms with Gasteiger partial charge in [0.15, 0.2) is 0 Å². The number of carboxylic acid groups (broad SMARTS) is 1. The molecule has 9 heteroatoms. The number of aliphatic carboxylic acids is 1. The number of nitrogens with one attached hydrogen (secondary N) is 2. The van der Waals surface area contributed by atoms with Crippen LogP contribution in [0.1, 0.15) is 0 Å². The number of nitrogens with zero attached hydrogens (tertiary/aromatic N) is 3. The highest BCUT2D eigenvalue weighted by Crippen LogP contribution is 2.25. The van der Waals surface area contributed by atoms with E-state index >= 15 is 0 Å². The highest BCUT2D eigenvalue weighted by Gasteiger charge is 2.09. The van der Waals surface area contributed by atoms with Gasteiger partial charge in [0.05, 0.1) is 10.7 Å². The molecule has 0 spiro atoms. The van der Waals surface area contributed by atoms with Crippen LogP contribution in [-0.2, 0) is 4.79 Å². The molecule has 7 nitrogen and oxygen atoms in total. The van der Waals surface area contributed by atoms with Crippen LogP contribution in [0.3, 0.4) is 0 Å². The second-order valence-electron chi connectivity index (χ2n) is 5.20. The highest BCUT2D eigenvalue weighted by atomic mass is 35.5. The molecular formula is C17H13ClFN5O2. The van der Waals surface area contributed by atoms with Gasteiger partial charge in [0.25, 0.3) is 0 Å². The van der Waals surface area contributed by atoms with Gasteiger partial charge in [-0.2, -0.15) is 4.98 Å². The molecule has 0 radical (unpaired) electrons. The molecule has 3 aromatic rings. The Bertz CT molecular complexity index is 940. The topological polar surface area (TPSA) is 100 Å². The van der Waals surface area contributed by atoms with Crippen molar-refractivity contribution in [1.29, 1.82) is 0 Å². The number of hydrogen-bond acceptors (Lipinski definition) is 6. The van der Waals surface area contributed by atoms with Crippen molar-refractivity contribution in [2.45, 2.75) is 0 Å². The fourth-order valence-electron chi connectivity index (χ4n) is 2.14. The Balaban J connectivity index is 1.95. The molecule has 0 saturated carbocycles. The van der Waals surface area contributed by atoms with Crippen molar-refractivity contribution in [2.75, 3.05) is 17.2 Å². The van der Waals surface area contributed by atoms with Crippen LogP contribution in [0.25, 0.3) is 11.3 Å². The molecule has 0 atom stereocenters. The Kier molecular flexibility index (Phi) is 5.23. The molecule has 0 unspecified atom stereocenters. The van der Waals surface area contributed by atoms with Gasteiger partial charge in [-0.1, -0.05) is 11.6 Å². The first-order valence-corrected chi connectivity index (χ1v) is 7.86. The van der Waals surface area contributed by atoms with Gasteiger partial charge in [0.2, 0.25) is 5.95 Å². The fraction of sp³-hybridized carbons (Fsp3) is 0.0588. The van der Waals surface area contributed by atoms with Crippen molar-refractivity contribution in [3.63, 3.8) is 0 Å². The fourth-order valence-corrected chi connectivity index (χ4v) is 2.32. The van der Waals surface area contributed by atoms with E-state index in [4.69, 9.17) is 16.7 Å². The Morgan fingerprint density at radius 3 is 2.62 bits per heavy atom. The average Bonchev–Trinajstić information content (AvgIpc) is 2.64. The van der Waals surface area contributed by atoms with Gasteiger partial charge in [0.1, 0.15) is 18.2 Å². The Hall–Kier alpha value is -3.26. The quantitative estimate of drug-likeness (QED) is 0.607. The summed E-state index contributed by atoms with van der Waals surface area (Å²) in [5.74, 6) is -1.04. The smallest absolute Gasteiger partial charge is 0.322 e. The van der Waals surface area contributed by atoms with Gasteiger partial charge in [0, 0.05) is 29.7 Å². The second-order valence-corrected chi connectivity index (χ2v) is 5.61. The molecule has 0 saturated heterocycles. The third kappa shape index (κ3) is 4.42. The Morgan fingerprint density at radius 1 is 1.15 bits per heavy atom. The zero-order chi connectivity index (χ0) is 18.5. The van der Waals surface area contributed by atoms with Crippen molar-refractivity contribution in [2.24, 2.45) is 0 Å². The van der Waals surface area contributed by atoms with Crippen LogP contribution in [-0.4, -0.2) is 32.6 Å². The summed E-state index contributed by atoms with van der Waals surface area (Å²) in [4.78, 5) is 23.3. The van der Waals surface area contributed by atoms with Crippen LogP contribution in [0.4, 0.5) is 21.8 Å². The Morgan fingerprint density at radius 2 is 1.92 bits per heavy atom. The predicted octanol–water partition coefficient (Wildman–Crippen LogP) is 3.57. The highest BCUT2D eigenvalue weighted by molar-refractivity contribution is 6.31. The van der Waals surface area contributed by atoms with Crippen LogP contribution in [0.5, 0.6) is 0 Å². The summed E-state index contributed by atoms with van der Waals surface area (Å²) >= 11 is 5.79. The van der Waals surface area contributed by atoms with Crippen LogP contribution in [0.2, 0.25) is 5.02 Å². The summed E-state index contributed by atoms with van der Waals surface area (Å²) in [5.41, 5.74) is 1.87. The molecule has 0 fully saturated rings. The minimum atomic E-state index is -1.04. The Labute approximate surface area is 152 Å². The maximum Gasteiger partial charge on any atom is 0.322 e. The molecule has 0 aliphatic rings. The van der Waals surface area contributed by atoms with Gasteiger partial charge in [-0.25, -0.2) is 9.37 Å². The lowest BCUT2D eigenvalue weighted by atomic mass is 10.2. The van der Waals surface area contributed by atoms with E-state index in [0.29, 0.717) is 17.2 Å². The van der Waals surface area contributed by atoms with Gasteiger partial charge in [-0.15, -0.1) is 0 Å². The van der Waals surface area contributed by atoms with E-state index in [0.717, 1.165) is 5.56 Å². The predicted molar refractivity (Wildman–Crippen MR) is 96.1 cm³/mol. The summed E-state index contributed by atoms with van der Waals surface area (Å²) in [6, 6.07) is 9.39. The van der Waals surface area contributed by atoms with Crippen molar-refractivity contribution in [3.8, 4) is 11.3 Å². The summed E-state index contributed by atoms with van der Waals surface area (Å²) < 4.78 is 13.3. The normalized spacial score (nSPS) is 10.4. The largest absolute Gasteiger partial charge is 0.480 e.